The van der Waals surface area contributed by atoms with Crippen LogP contribution in [0.2, 0.25) is 0 Å². The smallest absolute Gasteiger partial charge is 0.410 e. The molecule has 8 heteroatoms. The molecule has 1 aliphatic heterocycles. The third-order valence-electron chi connectivity index (χ3n) is 2.86. The van der Waals surface area contributed by atoms with Crippen molar-refractivity contribution in [3.63, 3.8) is 0 Å². The summed E-state index contributed by atoms with van der Waals surface area (Å²) in [6.07, 6.45) is 1.07. The molecule has 1 fully saturated rings. The van der Waals surface area contributed by atoms with Crippen LogP contribution in [0.5, 0.6) is 0 Å². The molecule has 0 radical (unpaired) electrons. The first kappa shape index (κ1) is 16.7. The van der Waals surface area contributed by atoms with Crippen molar-refractivity contribution < 1.29 is 17.9 Å². The van der Waals surface area contributed by atoms with Crippen molar-refractivity contribution >= 4 is 16.1 Å². The fourth-order valence-corrected chi connectivity index (χ4v) is 2.95. The highest BCUT2D eigenvalue weighted by molar-refractivity contribution is 7.88. The van der Waals surface area contributed by atoms with Crippen LogP contribution in [0.4, 0.5) is 4.79 Å². The Balaban J connectivity index is 2.67. The van der Waals surface area contributed by atoms with Crippen molar-refractivity contribution in [1.82, 2.24) is 9.62 Å². The second-order valence-electron chi connectivity index (χ2n) is 6.04. The van der Waals surface area contributed by atoms with E-state index < -0.39 is 27.3 Å². The summed E-state index contributed by atoms with van der Waals surface area (Å²) in [5.41, 5.74) is -1.71. The van der Waals surface area contributed by atoms with Crippen molar-refractivity contribution in [2.45, 2.75) is 44.8 Å². The Kier molecular flexibility index (Phi) is 4.66. The van der Waals surface area contributed by atoms with Gasteiger partial charge in [0.15, 0.2) is 0 Å². The summed E-state index contributed by atoms with van der Waals surface area (Å²) in [5.74, 6) is 0. The zero-order valence-corrected chi connectivity index (χ0v) is 13.1. The molecule has 0 aromatic carbocycles. The highest BCUT2D eigenvalue weighted by Gasteiger charge is 2.39. The maximum absolute atomic E-state index is 11.9. The molecule has 1 rings (SSSR count). The average Bonchev–Trinajstić information content (AvgIpc) is 2.25. The van der Waals surface area contributed by atoms with Gasteiger partial charge in [-0.1, -0.05) is 0 Å². The number of ether oxygens (including phenoxy) is 1. The number of likely N-dealkylation sites (tertiary alicyclic amines) is 1. The fraction of sp³-hybridized carbons (Fsp3) is 0.833. The Labute approximate surface area is 119 Å². The molecule has 1 amide bonds. The van der Waals surface area contributed by atoms with Crippen LogP contribution in [0, 0.1) is 11.3 Å². The standard InChI is InChI=1S/C12H21N3O4S/c1-11(2,3)19-10(16)15-7-5-12(9-13,6-8-15)14-20(4,17)18/h14H,5-8H2,1-4H3. The lowest BCUT2D eigenvalue weighted by atomic mass is 9.90. The zero-order valence-electron chi connectivity index (χ0n) is 12.3. The summed E-state index contributed by atoms with van der Waals surface area (Å²) in [6, 6.07) is 2.01. The molecule has 1 N–H and O–H groups in total. The molecule has 0 aromatic rings. The van der Waals surface area contributed by atoms with Crippen LogP contribution < -0.4 is 4.72 Å². The molecule has 0 atom stereocenters. The quantitative estimate of drug-likeness (QED) is 0.814. The maximum Gasteiger partial charge on any atom is 0.410 e. The minimum absolute atomic E-state index is 0.246. The number of carbonyl (C=O) groups is 1. The summed E-state index contributed by atoms with van der Waals surface area (Å²) < 4.78 is 30.2. The van der Waals surface area contributed by atoms with Gasteiger partial charge in [-0.2, -0.15) is 9.98 Å². The number of hydrogen-bond acceptors (Lipinski definition) is 5. The molecule has 1 saturated heterocycles. The second kappa shape index (κ2) is 5.58. The highest BCUT2D eigenvalue weighted by atomic mass is 32.2. The van der Waals surface area contributed by atoms with Gasteiger partial charge in [-0.05, 0) is 33.6 Å². The van der Waals surface area contributed by atoms with Gasteiger partial charge < -0.3 is 9.64 Å². The van der Waals surface area contributed by atoms with Gasteiger partial charge in [0.2, 0.25) is 10.0 Å². The molecule has 20 heavy (non-hydrogen) atoms. The number of hydrogen-bond donors (Lipinski definition) is 1. The second-order valence-corrected chi connectivity index (χ2v) is 7.78. The minimum Gasteiger partial charge on any atom is -0.444 e. The van der Waals surface area contributed by atoms with Crippen LogP contribution in [0.3, 0.4) is 0 Å². The molecule has 1 aliphatic rings. The van der Waals surface area contributed by atoms with E-state index in [1.807, 2.05) is 6.07 Å². The summed E-state index contributed by atoms with van der Waals surface area (Å²) in [5, 5.41) is 9.20. The van der Waals surface area contributed by atoms with Gasteiger partial charge in [0.25, 0.3) is 0 Å². The van der Waals surface area contributed by atoms with Gasteiger partial charge in [-0.25, -0.2) is 13.2 Å². The third kappa shape index (κ3) is 4.98. The summed E-state index contributed by atoms with van der Waals surface area (Å²) >= 11 is 0. The summed E-state index contributed by atoms with van der Waals surface area (Å²) in [6.45, 7) is 5.90. The predicted octanol–water partition coefficient (Wildman–Crippen LogP) is 0.829. The molecular weight excluding hydrogens is 282 g/mol. The van der Waals surface area contributed by atoms with Gasteiger partial charge >= 0.3 is 6.09 Å². The monoisotopic (exact) mass is 303 g/mol. The lowest BCUT2D eigenvalue weighted by Crippen LogP contribution is -2.55. The predicted molar refractivity (Wildman–Crippen MR) is 73.4 cm³/mol. The number of sulfonamides is 1. The number of nitriles is 1. The van der Waals surface area contributed by atoms with Crippen molar-refractivity contribution in [3.05, 3.63) is 0 Å². The molecule has 0 spiro atoms. The van der Waals surface area contributed by atoms with E-state index in [1.54, 1.807) is 20.8 Å². The lowest BCUT2D eigenvalue weighted by Gasteiger charge is -2.37. The lowest BCUT2D eigenvalue weighted by molar-refractivity contribution is 0.0184. The average molecular weight is 303 g/mol. The first-order valence-corrected chi connectivity index (χ1v) is 8.24. The molecular formula is C12H21N3O4S. The number of piperidine rings is 1. The summed E-state index contributed by atoms with van der Waals surface area (Å²) in [4.78, 5) is 13.4. The van der Waals surface area contributed by atoms with E-state index in [0.717, 1.165) is 6.26 Å². The Morgan fingerprint density at radius 2 is 1.85 bits per heavy atom. The third-order valence-corrected chi connectivity index (χ3v) is 3.62. The molecule has 0 aromatic heterocycles. The molecule has 0 saturated carbocycles. The number of nitrogens with zero attached hydrogens (tertiary/aromatic N) is 2. The van der Waals surface area contributed by atoms with E-state index >= 15 is 0 Å². The zero-order chi connectivity index (χ0) is 15.6. The molecule has 0 aliphatic carbocycles. The molecule has 114 valence electrons. The van der Waals surface area contributed by atoms with Crippen LogP contribution in [-0.2, 0) is 14.8 Å². The van der Waals surface area contributed by atoms with E-state index in [4.69, 9.17) is 4.74 Å². The Morgan fingerprint density at radius 1 is 1.35 bits per heavy atom. The molecule has 1 heterocycles. The van der Waals surface area contributed by atoms with E-state index in [-0.39, 0.29) is 25.9 Å². The van der Waals surface area contributed by atoms with Crippen molar-refractivity contribution in [1.29, 1.82) is 5.26 Å². The highest BCUT2D eigenvalue weighted by Crippen LogP contribution is 2.23. The van der Waals surface area contributed by atoms with Gasteiger partial charge in [-0.15, -0.1) is 0 Å². The number of carbonyl (C=O) groups excluding carboxylic acids is 1. The van der Waals surface area contributed by atoms with Crippen molar-refractivity contribution in [2.24, 2.45) is 0 Å². The van der Waals surface area contributed by atoms with Crippen LogP contribution in [0.25, 0.3) is 0 Å². The SMILES string of the molecule is CC(C)(C)OC(=O)N1CCC(C#N)(NS(C)(=O)=O)CC1. The Hall–Kier alpha value is -1.33. The van der Waals surface area contributed by atoms with Gasteiger partial charge in [0.1, 0.15) is 11.1 Å². The van der Waals surface area contributed by atoms with E-state index in [9.17, 15) is 18.5 Å². The number of amides is 1. The fourth-order valence-electron chi connectivity index (χ4n) is 1.99. The van der Waals surface area contributed by atoms with Gasteiger partial charge in [0, 0.05) is 13.1 Å². The first-order valence-electron chi connectivity index (χ1n) is 6.34. The van der Waals surface area contributed by atoms with E-state index in [2.05, 4.69) is 4.72 Å². The normalized spacial score (nSPS) is 19.2. The van der Waals surface area contributed by atoms with Crippen LogP contribution in [-0.4, -0.2) is 49.9 Å². The minimum atomic E-state index is -3.47. The topological polar surface area (TPSA) is 99.5 Å². The van der Waals surface area contributed by atoms with E-state index in [1.165, 1.54) is 4.90 Å². The largest absolute Gasteiger partial charge is 0.444 e. The van der Waals surface area contributed by atoms with Gasteiger partial charge in [0.05, 0.1) is 12.3 Å². The van der Waals surface area contributed by atoms with Crippen LogP contribution in [0.1, 0.15) is 33.6 Å². The molecule has 0 bridgehead atoms. The maximum atomic E-state index is 11.9. The van der Waals surface area contributed by atoms with Crippen LogP contribution in [0.15, 0.2) is 0 Å². The van der Waals surface area contributed by atoms with Crippen molar-refractivity contribution in [3.8, 4) is 6.07 Å². The summed E-state index contributed by atoms with van der Waals surface area (Å²) in [7, 11) is -3.47. The van der Waals surface area contributed by atoms with Crippen molar-refractivity contribution in [2.75, 3.05) is 19.3 Å². The number of nitrogens with one attached hydrogen (secondary N) is 1. The molecule has 7 nitrogen and oxygen atoms in total. The Bertz CT molecular complexity index is 508. The first-order chi connectivity index (χ1) is 8.96. The van der Waals surface area contributed by atoms with E-state index in [0.29, 0.717) is 0 Å². The molecule has 0 unspecified atom stereocenters. The van der Waals surface area contributed by atoms with Crippen LogP contribution >= 0.6 is 0 Å². The van der Waals surface area contributed by atoms with Gasteiger partial charge in [-0.3, -0.25) is 0 Å². The Morgan fingerprint density at radius 3 is 2.20 bits per heavy atom. The number of rotatable bonds is 2.